The standard InChI is InChI=1S/C47H57N5O2SSi/c1-33-16-15-23-51(29-33)42(31-54-56(46(3,4)5,38-19-10-8-11-20-38)39-21-12-9-13-22-39)35-24-40-41(43(25-35)55-7)30-52(44(40)53)37-18-14-17-36(26-37)47(27-34(2)28-47)45-49-48-32-50(45)6/h8-14,17-22,24-26,32-34,42H,15-16,23,27-31H2,1-7H3/t33-,34-,42?,47+/m0/s1. The van der Waals surface area contributed by atoms with E-state index in [2.05, 4.69) is 158 Å². The van der Waals surface area contributed by atoms with Crippen molar-refractivity contribution in [2.24, 2.45) is 18.9 Å². The molecule has 1 amide bonds. The van der Waals surface area contributed by atoms with Crippen LogP contribution in [0.15, 0.2) is 108 Å². The number of anilines is 1. The second-order valence-electron chi connectivity index (χ2n) is 17.8. The molecule has 1 saturated carbocycles. The van der Waals surface area contributed by atoms with Gasteiger partial charge < -0.3 is 13.9 Å². The smallest absolute Gasteiger partial charge is 0.261 e. The Labute approximate surface area is 339 Å². The number of hydrogen-bond acceptors (Lipinski definition) is 6. The monoisotopic (exact) mass is 783 g/mol. The van der Waals surface area contributed by atoms with Gasteiger partial charge >= 0.3 is 0 Å². The van der Waals surface area contributed by atoms with Crippen LogP contribution in [-0.4, -0.2) is 59.8 Å². The molecule has 1 unspecified atom stereocenters. The first-order valence-electron chi connectivity index (χ1n) is 20.4. The number of benzene rings is 4. The number of thioether (sulfide) groups is 1. The molecule has 3 heterocycles. The lowest BCUT2D eigenvalue weighted by Gasteiger charge is -2.46. The summed E-state index contributed by atoms with van der Waals surface area (Å²) in [6, 6.07) is 35.1. The zero-order valence-corrected chi connectivity index (χ0v) is 36.0. The maximum atomic E-state index is 14.7. The molecule has 0 N–H and O–H groups in total. The summed E-state index contributed by atoms with van der Waals surface area (Å²) in [4.78, 5) is 20.5. The van der Waals surface area contributed by atoms with E-state index in [1.807, 2.05) is 11.9 Å². The van der Waals surface area contributed by atoms with E-state index < -0.39 is 8.32 Å². The lowest BCUT2D eigenvalue weighted by Crippen LogP contribution is -2.67. The lowest BCUT2D eigenvalue weighted by atomic mass is 9.58. The highest BCUT2D eigenvalue weighted by Crippen LogP contribution is 2.52. The van der Waals surface area contributed by atoms with Crippen LogP contribution in [0.3, 0.4) is 0 Å². The highest BCUT2D eigenvalue weighted by molar-refractivity contribution is 7.98. The first-order chi connectivity index (χ1) is 26.9. The van der Waals surface area contributed by atoms with Gasteiger partial charge in [-0.3, -0.25) is 9.69 Å². The van der Waals surface area contributed by atoms with Gasteiger partial charge in [0.2, 0.25) is 0 Å². The predicted molar refractivity (Wildman–Crippen MR) is 232 cm³/mol. The molecule has 0 spiro atoms. The third-order valence-electron chi connectivity index (χ3n) is 12.9. The van der Waals surface area contributed by atoms with E-state index in [1.165, 1.54) is 32.8 Å². The molecule has 0 radical (unpaired) electrons. The average Bonchev–Trinajstić information content (AvgIpc) is 3.77. The minimum atomic E-state index is -2.80. The summed E-state index contributed by atoms with van der Waals surface area (Å²) in [6.45, 7) is 14.9. The Morgan fingerprint density at radius 2 is 1.62 bits per heavy atom. The molecule has 292 valence electrons. The zero-order chi connectivity index (χ0) is 39.2. The summed E-state index contributed by atoms with van der Waals surface area (Å²) in [7, 11) is -0.770. The largest absolute Gasteiger partial charge is 0.405 e. The molecule has 8 rings (SSSR count). The minimum Gasteiger partial charge on any atom is -0.405 e. The van der Waals surface area contributed by atoms with Crippen molar-refractivity contribution in [1.82, 2.24) is 19.7 Å². The van der Waals surface area contributed by atoms with E-state index >= 15 is 0 Å². The molecule has 4 aromatic carbocycles. The molecule has 7 nitrogen and oxygen atoms in total. The summed E-state index contributed by atoms with van der Waals surface area (Å²) in [6.07, 6.45) is 8.38. The number of rotatable bonds is 11. The summed E-state index contributed by atoms with van der Waals surface area (Å²) in [5, 5.41) is 11.3. The van der Waals surface area contributed by atoms with Crippen LogP contribution in [0, 0.1) is 11.8 Å². The van der Waals surface area contributed by atoms with Crippen LogP contribution in [-0.2, 0) is 23.4 Å². The molecule has 0 bridgehead atoms. The Morgan fingerprint density at radius 1 is 0.929 bits per heavy atom. The quantitative estimate of drug-likeness (QED) is 0.0987. The van der Waals surface area contributed by atoms with Crippen LogP contribution in [0.1, 0.15) is 99.2 Å². The summed E-state index contributed by atoms with van der Waals surface area (Å²) < 4.78 is 9.73. The zero-order valence-electron chi connectivity index (χ0n) is 34.2. The van der Waals surface area contributed by atoms with Gasteiger partial charge in [0, 0.05) is 29.7 Å². The second kappa shape index (κ2) is 15.4. The molecule has 5 aromatic rings. The van der Waals surface area contributed by atoms with E-state index in [0.29, 0.717) is 25.0 Å². The molecule has 3 aliphatic rings. The Balaban J connectivity index is 1.17. The number of carbonyl (C=O) groups is 1. The second-order valence-corrected chi connectivity index (χ2v) is 22.9. The minimum absolute atomic E-state index is 0.00707. The van der Waals surface area contributed by atoms with E-state index in [0.717, 1.165) is 55.0 Å². The fraction of sp³-hybridized carbons (Fsp3) is 0.426. The van der Waals surface area contributed by atoms with Gasteiger partial charge in [-0.15, -0.1) is 22.0 Å². The molecule has 2 fully saturated rings. The number of aromatic nitrogens is 3. The first-order valence-corrected chi connectivity index (χ1v) is 23.5. The van der Waals surface area contributed by atoms with Crippen LogP contribution in [0.4, 0.5) is 5.69 Å². The van der Waals surface area contributed by atoms with Gasteiger partial charge in [-0.2, -0.15) is 0 Å². The van der Waals surface area contributed by atoms with Crippen LogP contribution >= 0.6 is 11.8 Å². The summed E-state index contributed by atoms with van der Waals surface area (Å²) >= 11 is 1.75. The Hall–Kier alpha value is -4.02. The van der Waals surface area contributed by atoms with Gasteiger partial charge in [-0.25, -0.2) is 0 Å². The number of likely N-dealkylation sites (tertiary alicyclic amines) is 1. The van der Waals surface area contributed by atoms with Crippen molar-refractivity contribution in [3.05, 3.63) is 131 Å². The van der Waals surface area contributed by atoms with Crippen molar-refractivity contribution in [1.29, 1.82) is 0 Å². The van der Waals surface area contributed by atoms with Crippen molar-refractivity contribution < 1.29 is 9.22 Å². The van der Waals surface area contributed by atoms with Gasteiger partial charge in [-0.05, 0) is 107 Å². The number of fused-ring (bicyclic) bond motifs is 1. The third kappa shape index (κ3) is 6.78. The fourth-order valence-electron chi connectivity index (χ4n) is 10.2. The lowest BCUT2D eigenvalue weighted by molar-refractivity contribution is 0.0882. The van der Waals surface area contributed by atoms with Crippen molar-refractivity contribution >= 4 is 42.0 Å². The van der Waals surface area contributed by atoms with E-state index in [1.54, 1.807) is 18.1 Å². The highest BCUT2D eigenvalue weighted by Gasteiger charge is 2.51. The number of piperidine rings is 1. The van der Waals surface area contributed by atoms with Crippen LogP contribution in [0.5, 0.6) is 0 Å². The average molecular weight is 784 g/mol. The van der Waals surface area contributed by atoms with Crippen LogP contribution in [0.25, 0.3) is 0 Å². The maximum absolute atomic E-state index is 14.7. The topological polar surface area (TPSA) is 63.5 Å². The molecule has 2 atom stereocenters. The highest BCUT2D eigenvalue weighted by atomic mass is 32.2. The van der Waals surface area contributed by atoms with E-state index in [9.17, 15) is 4.79 Å². The Kier molecular flexibility index (Phi) is 10.7. The molecular weight excluding hydrogens is 727 g/mol. The normalized spacial score (nSPS) is 22.2. The summed E-state index contributed by atoms with van der Waals surface area (Å²) in [5.74, 6) is 2.27. The Morgan fingerprint density at radius 3 is 2.21 bits per heavy atom. The van der Waals surface area contributed by atoms with Crippen LogP contribution < -0.4 is 15.3 Å². The maximum Gasteiger partial charge on any atom is 0.261 e. The van der Waals surface area contributed by atoms with Gasteiger partial charge in [0.25, 0.3) is 14.2 Å². The molecule has 2 aliphatic heterocycles. The molecule has 9 heteroatoms. The number of amides is 1. The molecule has 1 saturated heterocycles. The van der Waals surface area contributed by atoms with Gasteiger partial charge in [0.1, 0.15) is 12.2 Å². The van der Waals surface area contributed by atoms with E-state index in [-0.39, 0.29) is 22.4 Å². The van der Waals surface area contributed by atoms with Crippen molar-refractivity contribution in [2.75, 3.05) is 30.9 Å². The predicted octanol–water partition coefficient (Wildman–Crippen LogP) is 8.76. The fourth-order valence-corrected chi connectivity index (χ4v) is 15.5. The first kappa shape index (κ1) is 38.8. The molecule has 1 aromatic heterocycles. The van der Waals surface area contributed by atoms with Gasteiger partial charge in [0.05, 0.1) is 24.6 Å². The molecular formula is C47H57N5O2SSi. The molecule has 1 aliphatic carbocycles. The SMILES string of the molecule is CSc1cc(C(CO[Si](c2ccccc2)(c2ccccc2)C(C)(C)C)N2CCC[C@H](C)C2)cc2c1CN(c1cccc([C@]3(c4nncn4C)C[C@@H](C)C3)c1)C2=O. The third-order valence-corrected chi connectivity index (χ3v) is 18.7. The van der Waals surface area contributed by atoms with Crippen molar-refractivity contribution in [3.8, 4) is 0 Å². The number of carbonyl (C=O) groups excluding carboxylic acids is 1. The number of aryl methyl sites for hydroxylation is 1. The van der Waals surface area contributed by atoms with Crippen LogP contribution in [0.2, 0.25) is 5.04 Å². The van der Waals surface area contributed by atoms with Crippen molar-refractivity contribution in [2.45, 2.75) is 88.2 Å². The Bertz CT molecular complexity index is 2140. The number of nitrogens with zero attached hydrogens (tertiary/aromatic N) is 5. The molecule has 56 heavy (non-hydrogen) atoms. The summed E-state index contributed by atoms with van der Waals surface area (Å²) in [5.41, 5.74) is 5.06. The van der Waals surface area contributed by atoms with Gasteiger partial charge in [0.15, 0.2) is 0 Å². The van der Waals surface area contributed by atoms with Crippen molar-refractivity contribution in [3.63, 3.8) is 0 Å². The number of hydrogen-bond donors (Lipinski definition) is 0. The van der Waals surface area contributed by atoms with Gasteiger partial charge in [-0.1, -0.05) is 107 Å². The van der Waals surface area contributed by atoms with E-state index in [4.69, 9.17) is 4.43 Å².